The summed E-state index contributed by atoms with van der Waals surface area (Å²) in [5.41, 5.74) is 1.22. The second kappa shape index (κ2) is 6.55. The van der Waals surface area contributed by atoms with E-state index in [-0.39, 0.29) is 6.10 Å². The summed E-state index contributed by atoms with van der Waals surface area (Å²) in [6.45, 7) is 3.42. The van der Waals surface area contributed by atoms with Crippen molar-refractivity contribution < 1.29 is 9.84 Å². The Morgan fingerprint density at radius 2 is 2.39 bits per heavy atom. The van der Waals surface area contributed by atoms with E-state index in [4.69, 9.17) is 4.74 Å². The van der Waals surface area contributed by atoms with Crippen molar-refractivity contribution in [3.63, 3.8) is 0 Å². The molecule has 2 atom stereocenters. The summed E-state index contributed by atoms with van der Waals surface area (Å²) in [5.74, 6) is 0.963. The number of fused-ring (bicyclic) bond motifs is 1. The van der Waals surface area contributed by atoms with Gasteiger partial charge in [-0.2, -0.15) is 0 Å². The number of rotatable bonds is 4. The van der Waals surface area contributed by atoms with Crippen molar-refractivity contribution in [2.45, 2.75) is 38.3 Å². The number of aliphatic hydroxyl groups excluding tert-OH is 1. The number of hydrogen-bond acceptors (Lipinski definition) is 3. The van der Waals surface area contributed by atoms with E-state index in [2.05, 4.69) is 27.3 Å². The van der Waals surface area contributed by atoms with Crippen molar-refractivity contribution in [3.05, 3.63) is 28.2 Å². The molecule has 0 spiro atoms. The van der Waals surface area contributed by atoms with Gasteiger partial charge in [0.15, 0.2) is 0 Å². The van der Waals surface area contributed by atoms with Crippen LogP contribution >= 0.6 is 15.9 Å². The minimum Gasteiger partial charge on any atom is -0.492 e. The molecule has 0 amide bonds. The van der Waals surface area contributed by atoms with Crippen LogP contribution in [0.1, 0.15) is 37.8 Å². The molecule has 1 heterocycles. The lowest BCUT2D eigenvalue weighted by Gasteiger charge is -2.19. The first-order valence-corrected chi connectivity index (χ1v) is 7.30. The van der Waals surface area contributed by atoms with Crippen LogP contribution in [0.15, 0.2) is 22.7 Å². The predicted molar refractivity (Wildman–Crippen MR) is 75.9 cm³/mol. The number of ether oxygens (including phenoxy) is 1. The van der Waals surface area contributed by atoms with Gasteiger partial charge in [0.2, 0.25) is 0 Å². The van der Waals surface area contributed by atoms with Crippen LogP contribution in [0, 0.1) is 0 Å². The Kier molecular flexibility index (Phi) is 5.03. The van der Waals surface area contributed by atoms with Crippen LogP contribution in [-0.4, -0.2) is 24.4 Å². The molecule has 1 aromatic carbocycles. The lowest BCUT2D eigenvalue weighted by molar-refractivity contribution is 0.182. The maximum atomic E-state index is 9.30. The van der Waals surface area contributed by atoms with Gasteiger partial charge < -0.3 is 15.2 Å². The number of hydrogen-bond donors (Lipinski definition) is 2. The van der Waals surface area contributed by atoms with Gasteiger partial charge in [-0.25, -0.2) is 0 Å². The topological polar surface area (TPSA) is 41.5 Å². The Morgan fingerprint density at radius 1 is 1.56 bits per heavy atom. The third-order valence-electron chi connectivity index (χ3n) is 3.21. The van der Waals surface area contributed by atoms with Gasteiger partial charge in [-0.1, -0.05) is 12.1 Å². The van der Waals surface area contributed by atoms with Crippen LogP contribution < -0.4 is 10.1 Å². The zero-order valence-corrected chi connectivity index (χ0v) is 12.2. The highest BCUT2D eigenvalue weighted by Crippen LogP contribution is 2.36. The Labute approximate surface area is 117 Å². The van der Waals surface area contributed by atoms with Crippen LogP contribution in [0.5, 0.6) is 5.75 Å². The smallest absolute Gasteiger partial charge is 0.138 e. The van der Waals surface area contributed by atoms with E-state index in [1.54, 1.807) is 0 Å². The molecule has 0 fully saturated rings. The van der Waals surface area contributed by atoms with Gasteiger partial charge in [0.1, 0.15) is 5.75 Å². The summed E-state index contributed by atoms with van der Waals surface area (Å²) < 4.78 is 6.82. The Morgan fingerprint density at radius 3 is 3.17 bits per heavy atom. The zero-order valence-electron chi connectivity index (χ0n) is 10.7. The Hall–Kier alpha value is -0.580. The van der Waals surface area contributed by atoms with Gasteiger partial charge in [-0.15, -0.1) is 0 Å². The van der Waals surface area contributed by atoms with Gasteiger partial charge in [0.25, 0.3) is 0 Å². The Balaban J connectivity index is 2.10. The fourth-order valence-corrected chi connectivity index (χ4v) is 2.74. The molecule has 4 heteroatoms. The molecule has 0 aromatic heterocycles. The molecule has 0 radical (unpaired) electrons. The highest BCUT2D eigenvalue weighted by molar-refractivity contribution is 9.10. The lowest BCUT2D eigenvalue weighted by atomic mass is 10.0. The molecule has 0 aliphatic carbocycles. The molecule has 1 aliphatic rings. The van der Waals surface area contributed by atoms with Crippen LogP contribution in [0.25, 0.3) is 0 Å². The summed E-state index contributed by atoms with van der Waals surface area (Å²) in [6, 6.07) is 6.49. The SMILES string of the molecule is CC(O)CCNC1CCCOc2c(Br)cccc21. The molecular weight excluding hydrogens is 294 g/mol. The molecule has 1 aromatic rings. The lowest BCUT2D eigenvalue weighted by Crippen LogP contribution is -2.24. The molecule has 3 nitrogen and oxygen atoms in total. The average Bonchev–Trinajstić information content (AvgIpc) is 2.53. The third kappa shape index (κ3) is 3.46. The first kappa shape index (κ1) is 13.8. The number of para-hydroxylation sites is 1. The van der Waals surface area contributed by atoms with Gasteiger partial charge in [0.05, 0.1) is 17.2 Å². The van der Waals surface area contributed by atoms with Crippen LogP contribution in [0.2, 0.25) is 0 Å². The fraction of sp³-hybridized carbons (Fsp3) is 0.571. The third-order valence-corrected chi connectivity index (χ3v) is 3.83. The van der Waals surface area contributed by atoms with E-state index >= 15 is 0 Å². The highest BCUT2D eigenvalue weighted by atomic mass is 79.9. The predicted octanol–water partition coefficient (Wildman–Crippen LogP) is 3.02. The standard InChI is InChI=1S/C14H20BrNO2/c1-10(17)7-8-16-13-6-3-9-18-14-11(13)4-2-5-12(14)15/h2,4-5,10,13,16-17H,3,6-9H2,1H3. The summed E-state index contributed by atoms with van der Waals surface area (Å²) >= 11 is 3.54. The molecule has 0 bridgehead atoms. The maximum absolute atomic E-state index is 9.30. The maximum Gasteiger partial charge on any atom is 0.138 e. The first-order valence-electron chi connectivity index (χ1n) is 6.51. The minimum atomic E-state index is -0.249. The minimum absolute atomic E-state index is 0.249. The molecule has 0 saturated carbocycles. The van der Waals surface area contributed by atoms with Crippen LogP contribution in [0.3, 0.4) is 0 Å². The summed E-state index contributed by atoms with van der Waals surface area (Å²) in [5, 5.41) is 12.8. The molecule has 2 N–H and O–H groups in total. The number of benzene rings is 1. The van der Waals surface area contributed by atoms with E-state index in [0.717, 1.165) is 42.6 Å². The second-order valence-corrected chi connectivity index (χ2v) is 5.65. The molecule has 1 aliphatic heterocycles. The molecule has 100 valence electrons. The van der Waals surface area contributed by atoms with Crippen molar-refractivity contribution >= 4 is 15.9 Å². The first-order chi connectivity index (χ1) is 8.68. The van der Waals surface area contributed by atoms with Gasteiger partial charge in [0, 0.05) is 11.6 Å². The van der Waals surface area contributed by atoms with Crippen molar-refractivity contribution in [1.29, 1.82) is 0 Å². The van der Waals surface area contributed by atoms with E-state index in [0.29, 0.717) is 6.04 Å². The van der Waals surface area contributed by atoms with Gasteiger partial charge in [-0.05, 0) is 54.7 Å². The highest BCUT2D eigenvalue weighted by Gasteiger charge is 2.20. The second-order valence-electron chi connectivity index (χ2n) is 4.79. The van der Waals surface area contributed by atoms with E-state index in [9.17, 15) is 5.11 Å². The quantitative estimate of drug-likeness (QED) is 0.897. The largest absolute Gasteiger partial charge is 0.492 e. The summed E-state index contributed by atoms with van der Waals surface area (Å²) in [4.78, 5) is 0. The van der Waals surface area contributed by atoms with Crippen LogP contribution in [0.4, 0.5) is 0 Å². The van der Waals surface area contributed by atoms with Gasteiger partial charge in [-0.3, -0.25) is 0 Å². The fourth-order valence-electron chi connectivity index (χ4n) is 2.25. The number of nitrogens with one attached hydrogen (secondary N) is 1. The van der Waals surface area contributed by atoms with Crippen molar-refractivity contribution in [3.8, 4) is 5.75 Å². The van der Waals surface area contributed by atoms with Crippen molar-refractivity contribution in [2.24, 2.45) is 0 Å². The van der Waals surface area contributed by atoms with E-state index in [1.165, 1.54) is 5.56 Å². The van der Waals surface area contributed by atoms with Crippen LogP contribution in [-0.2, 0) is 0 Å². The summed E-state index contributed by atoms with van der Waals surface area (Å²) in [7, 11) is 0. The van der Waals surface area contributed by atoms with Crippen molar-refractivity contribution in [2.75, 3.05) is 13.2 Å². The van der Waals surface area contributed by atoms with Gasteiger partial charge >= 0.3 is 0 Å². The molecule has 0 saturated heterocycles. The monoisotopic (exact) mass is 313 g/mol. The molecular formula is C14H20BrNO2. The number of aliphatic hydroxyl groups is 1. The van der Waals surface area contributed by atoms with Crippen molar-refractivity contribution in [1.82, 2.24) is 5.32 Å². The van der Waals surface area contributed by atoms with E-state index < -0.39 is 0 Å². The Bertz CT molecular complexity index is 395. The zero-order chi connectivity index (χ0) is 13.0. The molecule has 18 heavy (non-hydrogen) atoms. The average molecular weight is 314 g/mol. The molecule has 2 rings (SSSR count). The normalized spacial score (nSPS) is 20.7. The van der Waals surface area contributed by atoms with E-state index in [1.807, 2.05) is 19.1 Å². The molecule has 2 unspecified atom stereocenters. The number of halogens is 1. The summed E-state index contributed by atoms with van der Waals surface area (Å²) in [6.07, 6.45) is 2.65.